The van der Waals surface area contributed by atoms with Crippen LogP contribution < -0.4 is 5.32 Å². The molecule has 0 amide bonds. The molecule has 1 saturated heterocycles. The van der Waals surface area contributed by atoms with E-state index in [0.29, 0.717) is 11.8 Å². The number of aromatic nitrogens is 2. The fourth-order valence-corrected chi connectivity index (χ4v) is 3.18. The van der Waals surface area contributed by atoms with E-state index in [4.69, 9.17) is 9.26 Å². The lowest BCUT2D eigenvalue weighted by molar-refractivity contribution is 0.0830. The fourth-order valence-electron chi connectivity index (χ4n) is 3.18. The predicted molar refractivity (Wildman–Crippen MR) is 79.3 cm³/mol. The quantitative estimate of drug-likeness (QED) is 0.919. The fraction of sp³-hybridized carbons (Fsp3) is 0.500. The summed E-state index contributed by atoms with van der Waals surface area (Å²) in [5.74, 6) is 1.85. The summed E-state index contributed by atoms with van der Waals surface area (Å²) in [6, 6.07) is 6.24. The number of nitrogens with one attached hydrogen (secondary N) is 1. The zero-order chi connectivity index (χ0) is 14.1. The van der Waals surface area contributed by atoms with E-state index < -0.39 is 0 Å². The highest BCUT2D eigenvalue weighted by molar-refractivity contribution is 5.69. The van der Waals surface area contributed by atoms with Crippen molar-refractivity contribution in [3.8, 4) is 11.5 Å². The molecule has 2 aliphatic rings. The second-order valence-electron chi connectivity index (χ2n) is 5.71. The molecule has 5 nitrogen and oxygen atoms in total. The Morgan fingerprint density at radius 3 is 3.00 bits per heavy atom. The summed E-state index contributed by atoms with van der Waals surface area (Å²) >= 11 is 0. The Bertz CT molecular complexity index is 632. The number of hydrogen-bond acceptors (Lipinski definition) is 5. The average molecular weight is 285 g/mol. The van der Waals surface area contributed by atoms with Gasteiger partial charge in [-0.05, 0) is 43.4 Å². The molecule has 0 radical (unpaired) electrons. The van der Waals surface area contributed by atoms with Gasteiger partial charge >= 0.3 is 0 Å². The first-order chi connectivity index (χ1) is 10.4. The first kappa shape index (κ1) is 12.8. The standard InChI is InChI=1S/C16H19N3O2/c1-3-13(12-4-2-8-17-14(12)5-1)16-18-15(19-21-16)11-6-9-20-10-7-11/h1,3,5,11,17H,2,4,6-10H2. The lowest BCUT2D eigenvalue weighted by atomic mass is 9.97. The monoisotopic (exact) mass is 285 g/mol. The summed E-state index contributed by atoms with van der Waals surface area (Å²) in [6.07, 6.45) is 4.17. The number of anilines is 1. The van der Waals surface area contributed by atoms with Crippen molar-refractivity contribution >= 4 is 5.69 Å². The zero-order valence-electron chi connectivity index (χ0n) is 12.0. The molecule has 2 aromatic rings. The Balaban J connectivity index is 1.66. The molecular formula is C16H19N3O2. The van der Waals surface area contributed by atoms with E-state index in [1.807, 2.05) is 6.07 Å². The molecule has 0 atom stereocenters. The summed E-state index contributed by atoms with van der Waals surface area (Å²) in [4.78, 5) is 4.65. The molecule has 3 heterocycles. The number of nitrogens with zero attached hydrogens (tertiary/aromatic N) is 2. The van der Waals surface area contributed by atoms with E-state index in [9.17, 15) is 0 Å². The maximum Gasteiger partial charge on any atom is 0.258 e. The molecule has 1 aromatic carbocycles. The smallest absolute Gasteiger partial charge is 0.258 e. The van der Waals surface area contributed by atoms with Gasteiger partial charge in [0.2, 0.25) is 0 Å². The molecular weight excluding hydrogens is 266 g/mol. The van der Waals surface area contributed by atoms with Crippen molar-refractivity contribution in [3.05, 3.63) is 29.6 Å². The van der Waals surface area contributed by atoms with Crippen molar-refractivity contribution < 1.29 is 9.26 Å². The van der Waals surface area contributed by atoms with E-state index in [2.05, 4.69) is 27.6 Å². The van der Waals surface area contributed by atoms with Crippen LogP contribution in [0.4, 0.5) is 5.69 Å². The first-order valence-corrected chi connectivity index (χ1v) is 7.69. The molecule has 0 unspecified atom stereocenters. The first-order valence-electron chi connectivity index (χ1n) is 7.69. The van der Waals surface area contributed by atoms with Crippen LogP contribution in [0.25, 0.3) is 11.5 Å². The van der Waals surface area contributed by atoms with E-state index in [0.717, 1.165) is 56.8 Å². The van der Waals surface area contributed by atoms with Gasteiger partial charge in [0, 0.05) is 36.9 Å². The van der Waals surface area contributed by atoms with Crippen LogP contribution in [0, 0.1) is 0 Å². The zero-order valence-corrected chi connectivity index (χ0v) is 12.0. The second kappa shape index (κ2) is 5.48. The minimum atomic E-state index is 0.369. The molecule has 0 aliphatic carbocycles. The van der Waals surface area contributed by atoms with E-state index in [1.165, 1.54) is 11.3 Å². The van der Waals surface area contributed by atoms with Gasteiger partial charge in [-0.1, -0.05) is 11.2 Å². The minimum Gasteiger partial charge on any atom is -0.385 e. The van der Waals surface area contributed by atoms with Gasteiger partial charge in [0.05, 0.1) is 0 Å². The van der Waals surface area contributed by atoms with E-state index >= 15 is 0 Å². The van der Waals surface area contributed by atoms with Crippen molar-refractivity contribution in [2.45, 2.75) is 31.6 Å². The van der Waals surface area contributed by atoms with E-state index in [1.54, 1.807) is 0 Å². The number of benzene rings is 1. The second-order valence-corrected chi connectivity index (χ2v) is 5.71. The van der Waals surface area contributed by atoms with Gasteiger partial charge in [0.1, 0.15) is 0 Å². The average Bonchev–Trinajstić information content (AvgIpc) is 3.05. The van der Waals surface area contributed by atoms with Crippen LogP contribution in [0.3, 0.4) is 0 Å². The van der Waals surface area contributed by atoms with E-state index in [-0.39, 0.29) is 0 Å². The van der Waals surface area contributed by atoms with Crippen LogP contribution in [0.1, 0.15) is 36.6 Å². The van der Waals surface area contributed by atoms with Gasteiger partial charge in [-0.3, -0.25) is 0 Å². The molecule has 0 spiro atoms. The third-order valence-electron chi connectivity index (χ3n) is 4.35. The number of hydrogen-bond donors (Lipinski definition) is 1. The summed E-state index contributed by atoms with van der Waals surface area (Å²) < 4.78 is 10.9. The minimum absolute atomic E-state index is 0.369. The molecule has 1 N–H and O–H groups in total. The Kier molecular flexibility index (Phi) is 3.35. The lowest BCUT2D eigenvalue weighted by Crippen LogP contribution is -2.15. The molecule has 0 bridgehead atoms. The van der Waals surface area contributed by atoms with Crippen molar-refractivity contribution in [3.63, 3.8) is 0 Å². The third kappa shape index (κ3) is 2.42. The normalized spacial score (nSPS) is 19.0. The molecule has 5 heteroatoms. The summed E-state index contributed by atoms with van der Waals surface area (Å²) in [5.41, 5.74) is 3.57. The predicted octanol–water partition coefficient (Wildman–Crippen LogP) is 2.99. The summed E-state index contributed by atoms with van der Waals surface area (Å²) in [6.45, 7) is 2.62. The Hall–Kier alpha value is -1.88. The van der Waals surface area contributed by atoms with Crippen molar-refractivity contribution in [2.75, 3.05) is 25.1 Å². The third-order valence-corrected chi connectivity index (χ3v) is 4.35. The Labute approximate surface area is 123 Å². The van der Waals surface area contributed by atoms with Crippen LogP contribution in [-0.2, 0) is 11.2 Å². The van der Waals surface area contributed by atoms with Crippen LogP contribution in [0.2, 0.25) is 0 Å². The van der Waals surface area contributed by atoms with Crippen molar-refractivity contribution in [1.82, 2.24) is 10.1 Å². The van der Waals surface area contributed by atoms with Gasteiger partial charge in [-0.25, -0.2) is 0 Å². The van der Waals surface area contributed by atoms with Crippen molar-refractivity contribution in [1.29, 1.82) is 0 Å². The number of fused-ring (bicyclic) bond motifs is 1. The van der Waals surface area contributed by atoms with Crippen LogP contribution in [-0.4, -0.2) is 29.9 Å². The van der Waals surface area contributed by atoms with Crippen LogP contribution >= 0.6 is 0 Å². The van der Waals surface area contributed by atoms with Crippen LogP contribution in [0.5, 0.6) is 0 Å². The molecule has 1 aromatic heterocycles. The summed E-state index contributed by atoms with van der Waals surface area (Å²) in [7, 11) is 0. The maximum absolute atomic E-state index is 5.54. The Morgan fingerprint density at radius 1 is 1.19 bits per heavy atom. The van der Waals surface area contributed by atoms with Gasteiger partial charge in [-0.2, -0.15) is 4.98 Å². The van der Waals surface area contributed by atoms with Gasteiger partial charge in [0.25, 0.3) is 5.89 Å². The molecule has 0 saturated carbocycles. The SMILES string of the molecule is c1cc2c(c(-c3nc(C4CCOCC4)no3)c1)CCCN2. The number of rotatable bonds is 2. The van der Waals surface area contributed by atoms with Gasteiger partial charge < -0.3 is 14.6 Å². The van der Waals surface area contributed by atoms with Crippen molar-refractivity contribution in [2.24, 2.45) is 0 Å². The molecule has 110 valence electrons. The number of ether oxygens (including phenoxy) is 1. The van der Waals surface area contributed by atoms with Crippen LogP contribution in [0.15, 0.2) is 22.7 Å². The highest BCUT2D eigenvalue weighted by Gasteiger charge is 2.23. The molecule has 21 heavy (non-hydrogen) atoms. The topological polar surface area (TPSA) is 60.2 Å². The molecule has 4 rings (SSSR count). The molecule has 1 fully saturated rings. The highest BCUT2D eigenvalue weighted by Crippen LogP contribution is 2.33. The lowest BCUT2D eigenvalue weighted by Gasteiger charge is -2.19. The van der Waals surface area contributed by atoms with Gasteiger partial charge in [-0.15, -0.1) is 0 Å². The maximum atomic E-state index is 5.54. The summed E-state index contributed by atoms with van der Waals surface area (Å²) in [5, 5.41) is 7.64. The van der Waals surface area contributed by atoms with Gasteiger partial charge in [0.15, 0.2) is 5.82 Å². The largest absolute Gasteiger partial charge is 0.385 e. The highest BCUT2D eigenvalue weighted by atomic mass is 16.5. The molecule has 2 aliphatic heterocycles. The Morgan fingerprint density at radius 2 is 2.10 bits per heavy atom.